The Morgan fingerprint density at radius 1 is 1.06 bits per heavy atom. The van der Waals surface area contributed by atoms with Crippen molar-refractivity contribution >= 4 is 33.8 Å². The molecule has 0 aromatic heterocycles. The van der Waals surface area contributed by atoms with E-state index in [1.54, 1.807) is 37.5 Å². The molecule has 0 saturated carbocycles. The predicted molar refractivity (Wildman–Crippen MR) is 122 cm³/mol. The quantitative estimate of drug-likeness (QED) is 0.332. The average Bonchev–Trinajstić information content (AvgIpc) is 3.11. The smallest absolute Gasteiger partial charge is 0.344 e. The van der Waals surface area contributed by atoms with Gasteiger partial charge in [0.05, 0.1) is 12.7 Å². The van der Waals surface area contributed by atoms with Gasteiger partial charge in [0, 0.05) is 16.1 Å². The van der Waals surface area contributed by atoms with Crippen molar-refractivity contribution in [3.63, 3.8) is 0 Å². The van der Waals surface area contributed by atoms with Crippen LogP contribution in [0.2, 0.25) is 0 Å². The highest BCUT2D eigenvalue weighted by Gasteiger charge is 2.28. The second kappa shape index (κ2) is 9.70. The Morgan fingerprint density at radius 3 is 2.66 bits per heavy atom. The van der Waals surface area contributed by atoms with Gasteiger partial charge in [-0.05, 0) is 42.0 Å². The molecule has 6 nitrogen and oxygen atoms in total. The number of rotatable bonds is 7. The van der Waals surface area contributed by atoms with Crippen molar-refractivity contribution in [2.75, 3.05) is 13.7 Å². The zero-order valence-electron chi connectivity index (χ0n) is 17.2. The van der Waals surface area contributed by atoms with Gasteiger partial charge in [-0.15, -0.1) is 0 Å². The summed E-state index contributed by atoms with van der Waals surface area (Å²) in [6.07, 6.45) is 1.63. The highest BCUT2D eigenvalue weighted by molar-refractivity contribution is 9.10. The molecule has 3 aromatic rings. The number of hydrogen-bond donors (Lipinski definition) is 0. The third-order valence-electron chi connectivity index (χ3n) is 4.72. The van der Waals surface area contributed by atoms with Crippen LogP contribution in [0.1, 0.15) is 21.5 Å². The molecule has 0 fully saturated rings. The highest BCUT2D eigenvalue weighted by Crippen LogP contribution is 2.36. The minimum absolute atomic E-state index is 0.177. The fraction of sp³-hybridized carbons (Fsp3) is 0.120. The van der Waals surface area contributed by atoms with E-state index in [-0.39, 0.29) is 24.8 Å². The SMILES string of the molecule is COc1ccc(Br)cc1/C=C1\Oc2cc(OCC(=O)OCc3ccccc3)ccc2C1=O. The fourth-order valence-electron chi connectivity index (χ4n) is 3.14. The summed E-state index contributed by atoms with van der Waals surface area (Å²) in [5, 5.41) is 0. The summed E-state index contributed by atoms with van der Waals surface area (Å²) < 4.78 is 22.7. The van der Waals surface area contributed by atoms with E-state index in [9.17, 15) is 9.59 Å². The molecule has 0 radical (unpaired) electrons. The predicted octanol–water partition coefficient (Wildman–Crippen LogP) is 5.20. The first-order valence-corrected chi connectivity index (χ1v) is 10.6. The van der Waals surface area contributed by atoms with Gasteiger partial charge in [-0.3, -0.25) is 4.79 Å². The Kier molecular flexibility index (Phi) is 6.56. The fourth-order valence-corrected chi connectivity index (χ4v) is 3.52. The molecule has 0 unspecified atom stereocenters. The van der Waals surface area contributed by atoms with Gasteiger partial charge >= 0.3 is 5.97 Å². The molecule has 162 valence electrons. The largest absolute Gasteiger partial charge is 0.496 e. The van der Waals surface area contributed by atoms with E-state index in [1.165, 1.54) is 0 Å². The molecule has 0 amide bonds. The lowest BCUT2D eigenvalue weighted by Crippen LogP contribution is -2.14. The molecule has 0 spiro atoms. The Balaban J connectivity index is 1.41. The van der Waals surface area contributed by atoms with Crippen molar-refractivity contribution in [2.24, 2.45) is 0 Å². The minimum atomic E-state index is -0.492. The van der Waals surface area contributed by atoms with Gasteiger partial charge in [0.2, 0.25) is 5.78 Å². The number of fused-ring (bicyclic) bond motifs is 1. The Labute approximate surface area is 193 Å². The average molecular weight is 495 g/mol. The van der Waals surface area contributed by atoms with Crippen molar-refractivity contribution in [2.45, 2.75) is 6.61 Å². The molecule has 1 heterocycles. The number of carbonyl (C=O) groups is 2. The van der Waals surface area contributed by atoms with E-state index in [0.717, 1.165) is 10.0 Å². The number of methoxy groups -OCH3 is 1. The van der Waals surface area contributed by atoms with Crippen LogP contribution in [0.25, 0.3) is 6.08 Å². The summed E-state index contributed by atoms with van der Waals surface area (Å²) in [4.78, 5) is 24.7. The number of hydrogen-bond acceptors (Lipinski definition) is 6. The van der Waals surface area contributed by atoms with Gasteiger partial charge in [0.25, 0.3) is 0 Å². The number of allylic oxidation sites excluding steroid dienone is 1. The van der Waals surface area contributed by atoms with Crippen molar-refractivity contribution < 1.29 is 28.5 Å². The summed E-state index contributed by atoms with van der Waals surface area (Å²) in [6.45, 7) is -0.0739. The third-order valence-corrected chi connectivity index (χ3v) is 5.21. The molecule has 0 saturated heterocycles. The van der Waals surface area contributed by atoms with Crippen LogP contribution in [0.3, 0.4) is 0 Å². The molecular weight excluding hydrogens is 476 g/mol. The maximum Gasteiger partial charge on any atom is 0.344 e. The lowest BCUT2D eigenvalue weighted by molar-refractivity contribution is -0.147. The molecule has 1 aliphatic rings. The molecule has 0 aliphatic carbocycles. The second-order valence-electron chi connectivity index (χ2n) is 6.92. The maximum atomic E-state index is 12.7. The van der Waals surface area contributed by atoms with Crippen LogP contribution in [0.5, 0.6) is 17.2 Å². The van der Waals surface area contributed by atoms with Crippen molar-refractivity contribution in [1.82, 2.24) is 0 Å². The summed E-state index contributed by atoms with van der Waals surface area (Å²) >= 11 is 3.42. The molecule has 0 N–H and O–H groups in total. The van der Waals surface area contributed by atoms with Crippen LogP contribution < -0.4 is 14.2 Å². The molecule has 1 aliphatic heterocycles. The van der Waals surface area contributed by atoms with Gasteiger partial charge in [-0.2, -0.15) is 0 Å². The van der Waals surface area contributed by atoms with Crippen molar-refractivity contribution in [1.29, 1.82) is 0 Å². The summed E-state index contributed by atoms with van der Waals surface area (Å²) in [5.74, 6) is 0.825. The maximum absolute atomic E-state index is 12.7. The molecule has 0 atom stereocenters. The lowest BCUT2D eigenvalue weighted by atomic mass is 10.1. The first-order chi connectivity index (χ1) is 15.5. The topological polar surface area (TPSA) is 71.1 Å². The number of esters is 1. The minimum Gasteiger partial charge on any atom is -0.496 e. The summed E-state index contributed by atoms with van der Waals surface area (Å²) in [7, 11) is 1.56. The van der Waals surface area contributed by atoms with Gasteiger partial charge in [-0.1, -0.05) is 46.3 Å². The number of ether oxygens (including phenoxy) is 4. The first kappa shape index (κ1) is 21.6. The molecule has 0 bridgehead atoms. The number of ketones is 1. The zero-order chi connectivity index (χ0) is 22.5. The van der Waals surface area contributed by atoms with Crippen LogP contribution in [0.15, 0.2) is 77.0 Å². The normalized spacial score (nSPS) is 13.4. The Hall–Kier alpha value is -3.58. The number of Topliss-reactive ketones (excluding diaryl/α,β-unsaturated/α-hetero) is 1. The number of carbonyl (C=O) groups excluding carboxylic acids is 2. The van der Waals surface area contributed by atoms with Gasteiger partial charge in [0.1, 0.15) is 23.9 Å². The summed E-state index contributed by atoms with van der Waals surface area (Å²) in [5.41, 5.74) is 2.02. The van der Waals surface area contributed by atoms with Crippen LogP contribution in [-0.2, 0) is 16.1 Å². The number of benzene rings is 3. The summed E-state index contributed by atoms with van der Waals surface area (Å²) in [6, 6.07) is 19.7. The number of halogens is 1. The first-order valence-electron chi connectivity index (χ1n) is 9.77. The Bertz CT molecular complexity index is 1190. The Morgan fingerprint density at radius 2 is 1.88 bits per heavy atom. The van der Waals surface area contributed by atoms with E-state index < -0.39 is 5.97 Å². The second-order valence-corrected chi connectivity index (χ2v) is 7.83. The lowest BCUT2D eigenvalue weighted by Gasteiger charge is -2.08. The zero-order valence-corrected chi connectivity index (χ0v) is 18.8. The highest BCUT2D eigenvalue weighted by atomic mass is 79.9. The molecule has 32 heavy (non-hydrogen) atoms. The van der Waals surface area contributed by atoms with Crippen LogP contribution >= 0.6 is 15.9 Å². The molecule has 4 rings (SSSR count). The van der Waals surface area contributed by atoms with E-state index in [4.69, 9.17) is 18.9 Å². The van der Waals surface area contributed by atoms with Gasteiger partial charge < -0.3 is 18.9 Å². The molecule has 7 heteroatoms. The van der Waals surface area contributed by atoms with E-state index in [1.807, 2.05) is 42.5 Å². The van der Waals surface area contributed by atoms with Crippen molar-refractivity contribution in [3.8, 4) is 17.2 Å². The van der Waals surface area contributed by atoms with E-state index >= 15 is 0 Å². The van der Waals surface area contributed by atoms with E-state index in [2.05, 4.69) is 15.9 Å². The van der Waals surface area contributed by atoms with Crippen LogP contribution in [0, 0.1) is 0 Å². The van der Waals surface area contributed by atoms with Gasteiger partial charge in [-0.25, -0.2) is 4.79 Å². The monoisotopic (exact) mass is 494 g/mol. The standard InChI is InChI=1S/C25H19BrO6/c1-29-21-10-7-18(26)11-17(21)12-23-25(28)20-9-8-19(13-22(20)32-23)30-15-24(27)31-14-16-5-3-2-4-6-16/h2-13H,14-15H2,1H3/b23-12-. The van der Waals surface area contributed by atoms with Gasteiger partial charge in [0.15, 0.2) is 12.4 Å². The van der Waals surface area contributed by atoms with Crippen molar-refractivity contribution in [3.05, 3.63) is 93.7 Å². The molecular formula is C25H19BrO6. The van der Waals surface area contributed by atoms with Crippen LogP contribution in [-0.4, -0.2) is 25.5 Å². The third kappa shape index (κ3) is 5.00. The molecule has 3 aromatic carbocycles. The van der Waals surface area contributed by atoms with E-state index in [0.29, 0.717) is 28.4 Å². The van der Waals surface area contributed by atoms with Crippen LogP contribution in [0.4, 0.5) is 0 Å².